The zero-order valence-electron chi connectivity index (χ0n) is 38.0. The Kier molecular flexibility index (Phi) is 70.1. The summed E-state index contributed by atoms with van der Waals surface area (Å²) < 4.78 is 0. The van der Waals surface area contributed by atoms with E-state index in [1.165, 1.54) is 5.56 Å². The number of nitrogens with zero attached hydrogens (tertiary/aromatic N) is 3. The number of nitrogens with one attached hydrogen (secondary N) is 2. The van der Waals surface area contributed by atoms with Gasteiger partial charge in [0.1, 0.15) is 29.9 Å². The number of aryl methyl sites for hydroxylation is 2. The molecule has 0 heterocycles. The molecule has 4 atom stereocenters. The Bertz CT molecular complexity index is 1270. The van der Waals surface area contributed by atoms with E-state index >= 15 is 0 Å². The van der Waals surface area contributed by atoms with Crippen molar-refractivity contribution in [2.24, 2.45) is 60.8 Å². The molecule has 0 aliphatic carbocycles. The molecule has 1 rings (SSSR count). The molecule has 23 heteroatoms. The number of phenolic OH excluding ortho intramolecular Hbond substituents is 1. The third-order valence-electron chi connectivity index (χ3n) is 7.50. The number of benzene rings is 1. The topological polar surface area (TPSA) is 358 Å². The van der Waals surface area contributed by atoms with E-state index in [0.29, 0.717) is 56.8 Å². The van der Waals surface area contributed by atoms with E-state index in [1.807, 2.05) is 46.8 Å². The molecule has 0 bridgehead atoms. The minimum atomic E-state index is -0.385. The number of aliphatic imine (C=N–C) groups is 3. The van der Waals surface area contributed by atoms with Crippen LogP contribution in [0.5, 0.6) is 5.75 Å². The van der Waals surface area contributed by atoms with Crippen LogP contribution in [0.25, 0.3) is 0 Å². The first-order chi connectivity index (χ1) is 26.9. The number of halogens is 2. The number of phenols is 1. The summed E-state index contributed by atoms with van der Waals surface area (Å²) in [6.07, 6.45) is 7.96. The Labute approximate surface area is 449 Å². The molecule has 1 aromatic rings. The molecule has 61 heavy (non-hydrogen) atoms. The maximum Gasteiger partial charge on any atom is 1.00 e. The van der Waals surface area contributed by atoms with E-state index in [9.17, 15) is 19.2 Å². The van der Waals surface area contributed by atoms with E-state index in [2.05, 4.69) is 45.2 Å². The van der Waals surface area contributed by atoms with Gasteiger partial charge in [-0.05, 0) is 82.2 Å². The number of likely N-dealkylation sites (N-methyl/N-ethyl adjacent to an activating group) is 2. The van der Waals surface area contributed by atoms with Gasteiger partial charge in [-0.1, -0.05) is 46.8 Å². The fourth-order valence-electron chi connectivity index (χ4n) is 4.29. The Hall–Kier alpha value is -0.840. The first-order valence-electron chi connectivity index (χ1n) is 19.4. The molecule has 346 valence electrons. The van der Waals surface area contributed by atoms with Crippen LogP contribution in [0.15, 0.2) is 33.2 Å². The summed E-state index contributed by atoms with van der Waals surface area (Å²) >= 11 is 4.06. The molecule has 19 N–H and O–H groups in total. The Morgan fingerprint density at radius 3 is 1.34 bits per heavy atom. The summed E-state index contributed by atoms with van der Waals surface area (Å²) in [7, 11) is 0. The van der Waals surface area contributed by atoms with Gasteiger partial charge in [0.25, 0.3) is 0 Å². The Morgan fingerprint density at radius 1 is 0.689 bits per heavy atom. The standard InChI is InChI=1S/C10H22N4O.C9H12O.C7H15NOS.2C6H14N4O.2HI.2Na/c1-3-9(15)8(13-4-2)6-5-7-14-10(11)12;1-3-8-4-5-9(10)7(2)6-8;1-3-7(9)6(5-10)8-4-2;2*7-5(4-11)2-1-3-10-6(8)9;;;;/h8,13H,3-7H2,1-2H3,(H4,11,12,14);4-6,10H,3H2,1-2H3;6,8,10H,3-5H2,1-2H3;2*4-5H,1-3,7H2,(H4,8,9,10);2*1H;;/q;;;;;;;2*+1/p-2/t;;;2*5-;;;;/m...11..../s1. The van der Waals surface area contributed by atoms with Crippen molar-refractivity contribution >= 4 is 54.6 Å². The van der Waals surface area contributed by atoms with Gasteiger partial charge in [0, 0.05) is 38.2 Å². The van der Waals surface area contributed by atoms with E-state index in [-0.39, 0.29) is 161 Å². The number of hydrogen-bond donors (Lipinski definition) is 12. The summed E-state index contributed by atoms with van der Waals surface area (Å²) in [5.74, 6) is 1.74. The van der Waals surface area contributed by atoms with Crippen LogP contribution in [0, 0.1) is 6.92 Å². The van der Waals surface area contributed by atoms with E-state index < -0.39 is 0 Å². The van der Waals surface area contributed by atoms with Crippen molar-refractivity contribution in [2.75, 3.05) is 38.5 Å². The Morgan fingerprint density at radius 2 is 1.05 bits per heavy atom. The predicted octanol–water partition coefficient (Wildman–Crippen LogP) is -11.7. The van der Waals surface area contributed by atoms with Crippen molar-refractivity contribution < 1.29 is 131 Å². The first kappa shape index (κ1) is 77.4. The molecule has 1 aromatic carbocycles. The molecule has 0 aliphatic heterocycles. The molecule has 0 aliphatic rings. The zero-order chi connectivity index (χ0) is 44.6. The van der Waals surface area contributed by atoms with Crippen LogP contribution in [-0.2, 0) is 25.6 Å². The summed E-state index contributed by atoms with van der Waals surface area (Å²) in [4.78, 5) is 53.9. The summed E-state index contributed by atoms with van der Waals surface area (Å²) in [6, 6.07) is 4.84. The number of aldehydes is 2. The van der Waals surface area contributed by atoms with Gasteiger partial charge in [-0.15, -0.1) is 0 Å². The van der Waals surface area contributed by atoms with Crippen LogP contribution in [0.2, 0.25) is 0 Å². The number of thiol groups is 1. The average Bonchev–Trinajstić information content (AvgIpc) is 3.19. The molecule has 0 radical (unpaired) electrons. The second kappa shape index (κ2) is 55.3. The average molecular weight is 1130 g/mol. The molecule has 0 fully saturated rings. The number of hydrogen-bond acceptors (Lipinski definition) is 13. The van der Waals surface area contributed by atoms with Crippen molar-refractivity contribution in [3.8, 4) is 5.75 Å². The molecule has 0 saturated heterocycles. The number of carbonyl (C=O) groups is 4. The summed E-state index contributed by atoms with van der Waals surface area (Å²) in [6.45, 7) is 15.0. The van der Waals surface area contributed by atoms with Gasteiger partial charge in [0.15, 0.2) is 17.9 Å². The Balaban J connectivity index is -0.0000000951. The largest absolute Gasteiger partial charge is 1.00 e. The normalized spacial score (nSPS) is 11.1. The fraction of sp³-hybridized carbons (Fsp3) is 0.658. The van der Waals surface area contributed by atoms with Gasteiger partial charge in [-0.3, -0.25) is 24.6 Å². The van der Waals surface area contributed by atoms with Gasteiger partial charge in [0.05, 0.1) is 24.2 Å². The number of aromatic hydroxyl groups is 1. The number of nitrogens with two attached hydrogens (primary N) is 8. The van der Waals surface area contributed by atoms with Gasteiger partial charge in [0.2, 0.25) is 0 Å². The summed E-state index contributed by atoms with van der Waals surface area (Å²) in [5.41, 5.74) is 43.5. The molecular weight excluding hydrogens is 1050 g/mol. The van der Waals surface area contributed by atoms with Crippen LogP contribution in [0.1, 0.15) is 97.1 Å². The molecule has 0 amide bonds. The van der Waals surface area contributed by atoms with Crippen molar-refractivity contribution in [3.05, 3.63) is 29.3 Å². The van der Waals surface area contributed by atoms with Crippen molar-refractivity contribution in [1.29, 1.82) is 0 Å². The molecule has 18 nitrogen and oxygen atoms in total. The number of carbonyl (C=O) groups excluding carboxylic acids is 4. The van der Waals surface area contributed by atoms with E-state index in [4.69, 9.17) is 51.0 Å². The van der Waals surface area contributed by atoms with Gasteiger partial charge in [-0.25, -0.2) is 0 Å². The number of Topliss-reactive ketones (excluding diaryl/α,β-unsaturated/α-hetero) is 2. The van der Waals surface area contributed by atoms with Gasteiger partial charge >= 0.3 is 59.1 Å². The van der Waals surface area contributed by atoms with Crippen LogP contribution in [0.3, 0.4) is 0 Å². The summed E-state index contributed by atoms with van der Waals surface area (Å²) in [5, 5.41) is 15.4. The first-order valence-corrected chi connectivity index (χ1v) is 20.1. The zero-order valence-corrected chi connectivity index (χ0v) is 47.3. The molecule has 0 spiro atoms. The minimum absolute atomic E-state index is 0. The quantitative estimate of drug-likeness (QED) is 0.00870. The van der Waals surface area contributed by atoms with Crippen LogP contribution < -0.4 is 164 Å². The smallest absolute Gasteiger partial charge is 1.00 e. The minimum Gasteiger partial charge on any atom is -1.00 e. The predicted molar refractivity (Wildman–Crippen MR) is 239 cm³/mol. The maximum absolute atomic E-state index is 11.5. The van der Waals surface area contributed by atoms with Crippen molar-refractivity contribution in [1.82, 2.24) is 10.6 Å². The van der Waals surface area contributed by atoms with Gasteiger partial charge < -0.3 is 119 Å². The van der Waals surface area contributed by atoms with Crippen LogP contribution in [0.4, 0.5) is 0 Å². The second-order valence-corrected chi connectivity index (χ2v) is 12.8. The molecule has 0 saturated carbocycles. The van der Waals surface area contributed by atoms with Crippen LogP contribution in [-0.4, -0.2) is 110 Å². The van der Waals surface area contributed by atoms with Crippen molar-refractivity contribution in [3.63, 3.8) is 0 Å². The monoisotopic (exact) mass is 1130 g/mol. The number of ketones is 2. The van der Waals surface area contributed by atoms with E-state index in [0.717, 1.165) is 63.3 Å². The van der Waals surface area contributed by atoms with Crippen molar-refractivity contribution in [2.45, 2.75) is 123 Å². The second-order valence-electron chi connectivity index (χ2n) is 12.5. The molecular formula is C38H77I2N13Na2O5S. The van der Waals surface area contributed by atoms with Crippen LogP contribution >= 0.6 is 12.6 Å². The molecule has 0 aromatic heterocycles. The van der Waals surface area contributed by atoms with E-state index in [1.54, 1.807) is 6.07 Å². The molecule has 2 unspecified atom stereocenters. The number of guanidine groups is 3. The SMILES string of the molecule is CCNC(CCCN=C(N)N)C(=O)CC.CCNC(CS)C(=O)CC.CCc1ccc(O)c(C)c1.NC(N)=NCCC[C@@H](N)C=O.NC(N)=NCCC[C@@H](N)C=O.[I-].[I-].[Na+].[Na+]. The third-order valence-corrected chi connectivity index (χ3v) is 7.87. The van der Waals surface area contributed by atoms with Gasteiger partial charge in [-0.2, -0.15) is 12.6 Å². The fourth-order valence-corrected chi connectivity index (χ4v) is 4.62. The third kappa shape index (κ3) is 55.2. The maximum atomic E-state index is 11.5. The number of rotatable bonds is 24.